The molecular formula is C13H18ClNO4S. The Kier molecular flexibility index (Phi) is 6.98. The Hall–Kier alpha value is -1.11. The standard InChI is InChI=1S/C13H18ClNO4S/c1-10(13(16)18-2)15(7-8-19-20(3)17)12-6-4-5-11(14)9-12/h4-6,9-10H,7-8H2,1-3H3. The molecule has 1 rings (SSSR count). The van der Waals surface area contributed by atoms with Gasteiger partial charge in [-0.2, -0.15) is 0 Å². The second-order valence-corrected chi connectivity index (χ2v) is 5.57. The molecule has 5 nitrogen and oxygen atoms in total. The largest absolute Gasteiger partial charge is 0.467 e. The van der Waals surface area contributed by atoms with Crippen LogP contribution >= 0.6 is 11.6 Å². The maximum atomic E-state index is 11.7. The lowest BCUT2D eigenvalue weighted by Crippen LogP contribution is -2.41. The molecular weight excluding hydrogens is 302 g/mol. The third-order valence-electron chi connectivity index (χ3n) is 2.73. The molecule has 1 aromatic rings. The summed E-state index contributed by atoms with van der Waals surface area (Å²) in [5.74, 6) is -0.359. The number of methoxy groups -OCH3 is 1. The fourth-order valence-electron chi connectivity index (χ4n) is 1.75. The summed E-state index contributed by atoms with van der Waals surface area (Å²) in [6.45, 7) is 2.36. The minimum Gasteiger partial charge on any atom is -0.467 e. The number of anilines is 1. The molecule has 20 heavy (non-hydrogen) atoms. The number of nitrogens with zero attached hydrogens (tertiary/aromatic N) is 1. The molecule has 0 heterocycles. The Morgan fingerprint density at radius 1 is 1.50 bits per heavy atom. The summed E-state index contributed by atoms with van der Waals surface area (Å²) in [4.78, 5) is 13.5. The van der Waals surface area contributed by atoms with Crippen molar-refractivity contribution in [2.24, 2.45) is 0 Å². The Bertz CT molecular complexity index is 483. The summed E-state index contributed by atoms with van der Waals surface area (Å²) in [5, 5.41) is 0.574. The molecule has 0 saturated heterocycles. The molecule has 0 saturated carbocycles. The van der Waals surface area contributed by atoms with Crippen molar-refractivity contribution in [1.29, 1.82) is 0 Å². The highest BCUT2D eigenvalue weighted by molar-refractivity contribution is 7.79. The number of hydrogen-bond donors (Lipinski definition) is 0. The van der Waals surface area contributed by atoms with E-state index in [2.05, 4.69) is 0 Å². The van der Waals surface area contributed by atoms with Gasteiger partial charge in [-0.25, -0.2) is 9.00 Å². The molecule has 0 bridgehead atoms. The first kappa shape index (κ1) is 16.9. The zero-order chi connectivity index (χ0) is 15.1. The summed E-state index contributed by atoms with van der Waals surface area (Å²) >= 11 is 4.63. The molecule has 0 aromatic heterocycles. The zero-order valence-corrected chi connectivity index (χ0v) is 13.2. The first-order chi connectivity index (χ1) is 9.45. The lowest BCUT2D eigenvalue weighted by molar-refractivity contribution is -0.141. The second kappa shape index (κ2) is 8.24. The zero-order valence-electron chi connectivity index (χ0n) is 11.7. The van der Waals surface area contributed by atoms with Crippen LogP contribution in [0.15, 0.2) is 24.3 Å². The van der Waals surface area contributed by atoms with E-state index in [-0.39, 0.29) is 12.6 Å². The summed E-state index contributed by atoms with van der Waals surface area (Å²) in [5.41, 5.74) is 0.779. The number of benzene rings is 1. The van der Waals surface area contributed by atoms with Crippen molar-refractivity contribution in [3.63, 3.8) is 0 Å². The molecule has 2 atom stereocenters. The minimum atomic E-state index is -1.34. The van der Waals surface area contributed by atoms with Crippen LogP contribution in [0.25, 0.3) is 0 Å². The number of hydrogen-bond acceptors (Lipinski definition) is 5. The van der Waals surface area contributed by atoms with Crippen LogP contribution in [0.4, 0.5) is 5.69 Å². The van der Waals surface area contributed by atoms with Crippen molar-refractivity contribution in [1.82, 2.24) is 0 Å². The summed E-state index contributed by atoms with van der Waals surface area (Å²) in [6, 6.07) is 6.65. The van der Waals surface area contributed by atoms with Gasteiger partial charge in [-0.1, -0.05) is 17.7 Å². The smallest absolute Gasteiger partial charge is 0.328 e. The van der Waals surface area contributed by atoms with Crippen LogP contribution in [-0.4, -0.2) is 42.7 Å². The number of esters is 1. The molecule has 0 aliphatic carbocycles. The molecule has 0 aliphatic rings. The Balaban J connectivity index is 2.88. The Labute approximate surface area is 126 Å². The summed E-state index contributed by atoms with van der Waals surface area (Å²) in [7, 11) is 1.34. The van der Waals surface area contributed by atoms with Crippen molar-refractivity contribution >= 4 is 34.3 Å². The van der Waals surface area contributed by atoms with Crippen molar-refractivity contribution in [2.45, 2.75) is 13.0 Å². The van der Waals surface area contributed by atoms with E-state index in [1.807, 2.05) is 6.07 Å². The predicted molar refractivity (Wildman–Crippen MR) is 80.3 cm³/mol. The Morgan fingerprint density at radius 3 is 2.75 bits per heavy atom. The van der Waals surface area contributed by atoms with Crippen LogP contribution in [0.3, 0.4) is 0 Å². The van der Waals surface area contributed by atoms with Crippen LogP contribution in [0.5, 0.6) is 0 Å². The molecule has 0 N–H and O–H groups in total. The van der Waals surface area contributed by atoms with Crippen LogP contribution < -0.4 is 4.90 Å². The maximum Gasteiger partial charge on any atom is 0.328 e. The molecule has 0 fully saturated rings. The van der Waals surface area contributed by atoms with Gasteiger partial charge in [0, 0.05) is 23.5 Å². The summed E-state index contributed by atoms with van der Waals surface area (Å²) < 4.78 is 20.7. The average molecular weight is 320 g/mol. The molecule has 7 heteroatoms. The highest BCUT2D eigenvalue weighted by Crippen LogP contribution is 2.21. The lowest BCUT2D eigenvalue weighted by atomic mass is 10.2. The highest BCUT2D eigenvalue weighted by Gasteiger charge is 2.22. The van der Waals surface area contributed by atoms with Crippen LogP contribution in [0.1, 0.15) is 6.92 Å². The normalized spacial score (nSPS) is 13.6. The fraction of sp³-hybridized carbons (Fsp3) is 0.462. The van der Waals surface area contributed by atoms with Gasteiger partial charge in [0.1, 0.15) is 6.04 Å². The average Bonchev–Trinajstić information content (AvgIpc) is 2.41. The first-order valence-corrected chi connectivity index (χ1v) is 7.88. The van der Waals surface area contributed by atoms with Crippen molar-refractivity contribution < 1.29 is 17.9 Å². The number of rotatable bonds is 7. The van der Waals surface area contributed by atoms with E-state index in [1.54, 1.807) is 30.0 Å². The molecule has 112 valence electrons. The van der Waals surface area contributed by atoms with Gasteiger partial charge < -0.3 is 9.64 Å². The van der Waals surface area contributed by atoms with E-state index in [1.165, 1.54) is 13.4 Å². The van der Waals surface area contributed by atoms with Gasteiger partial charge >= 0.3 is 5.97 Å². The minimum absolute atomic E-state index is 0.233. The molecule has 2 unspecified atom stereocenters. The van der Waals surface area contributed by atoms with E-state index in [4.69, 9.17) is 20.5 Å². The topological polar surface area (TPSA) is 55.8 Å². The molecule has 0 radical (unpaired) electrons. The van der Waals surface area contributed by atoms with Gasteiger partial charge in [-0.3, -0.25) is 4.18 Å². The molecule has 1 aromatic carbocycles. The van der Waals surface area contributed by atoms with E-state index >= 15 is 0 Å². The second-order valence-electron chi connectivity index (χ2n) is 4.10. The van der Waals surface area contributed by atoms with E-state index in [0.29, 0.717) is 11.6 Å². The number of ether oxygens (including phenoxy) is 1. The van der Waals surface area contributed by atoms with E-state index in [0.717, 1.165) is 5.69 Å². The van der Waals surface area contributed by atoms with Gasteiger partial charge in [0.05, 0.1) is 13.7 Å². The lowest BCUT2D eigenvalue weighted by Gasteiger charge is -2.29. The third kappa shape index (κ3) is 5.11. The van der Waals surface area contributed by atoms with Crippen molar-refractivity contribution in [3.05, 3.63) is 29.3 Å². The quantitative estimate of drug-likeness (QED) is 0.720. The van der Waals surface area contributed by atoms with Crippen LogP contribution in [0, 0.1) is 0 Å². The summed E-state index contributed by atoms with van der Waals surface area (Å²) in [6.07, 6.45) is 1.45. The van der Waals surface area contributed by atoms with E-state index < -0.39 is 17.1 Å². The molecule has 0 spiro atoms. The van der Waals surface area contributed by atoms with Gasteiger partial charge in [0.2, 0.25) is 0 Å². The highest BCUT2D eigenvalue weighted by atomic mass is 35.5. The third-order valence-corrected chi connectivity index (χ3v) is 3.46. The van der Waals surface area contributed by atoms with Crippen molar-refractivity contribution in [2.75, 3.05) is 31.4 Å². The van der Waals surface area contributed by atoms with Crippen LogP contribution in [0.2, 0.25) is 5.02 Å². The van der Waals surface area contributed by atoms with Gasteiger partial charge in [-0.05, 0) is 25.1 Å². The maximum absolute atomic E-state index is 11.7. The molecule has 0 amide bonds. The SMILES string of the molecule is COC(=O)C(C)N(CCOS(C)=O)c1cccc(Cl)c1. The number of carbonyl (C=O) groups excluding carboxylic acids is 1. The van der Waals surface area contributed by atoms with Crippen molar-refractivity contribution in [3.8, 4) is 0 Å². The van der Waals surface area contributed by atoms with E-state index in [9.17, 15) is 9.00 Å². The molecule has 0 aliphatic heterocycles. The first-order valence-electron chi connectivity index (χ1n) is 6.02. The number of carbonyl (C=O) groups is 1. The Morgan fingerprint density at radius 2 is 2.20 bits per heavy atom. The predicted octanol–water partition coefficient (Wildman–Crippen LogP) is 2.02. The van der Waals surface area contributed by atoms with Crippen LogP contribution in [-0.2, 0) is 24.8 Å². The monoisotopic (exact) mass is 319 g/mol. The number of halogens is 1. The van der Waals surface area contributed by atoms with Gasteiger partial charge in [0.25, 0.3) is 0 Å². The van der Waals surface area contributed by atoms with Gasteiger partial charge in [0.15, 0.2) is 11.1 Å². The van der Waals surface area contributed by atoms with Gasteiger partial charge in [-0.15, -0.1) is 0 Å². The fourth-order valence-corrected chi connectivity index (χ4v) is 2.25.